The van der Waals surface area contributed by atoms with Crippen molar-refractivity contribution in [3.05, 3.63) is 53.6 Å². The van der Waals surface area contributed by atoms with Crippen molar-refractivity contribution in [1.29, 1.82) is 0 Å². The van der Waals surface area contributed by atoms with Gasteiger partial charge in [0.15, 0.2) is 5.58 Å². The Morgan fingerprint density at radius 2 is 2.00 bits per heavy atom. The lowest BCUT2D eigenvalue weighted by Gasteiger charge is -2.26. The van der Waals surface area contributed by atoms with Crippen molar-refractivity contribution in [1.82, 2.24) is 14.6 Å². The highest BCUT2D eigenvalue weighted by atomic mass is 32.2. The van der Waals surface area contributed by atoms with Gasteiger partial charge in [-0.05, 0) is 48.6 Å². The van der Waals surface area contributed by atoms with Gasteiger partial charge in [0.1, 0.15) is 5.52 Å². The standard InChI is InChI=1S/C23H25N3O5S2/c27-22(24-19-7-3-5-16-4-1-2-6-18(16)19)15-32-23-25-20-14-17(8-9-21(20)31-23)33(28,29)26-10-12-30-13-11-26/h1-2,4,6,8-9,14,19H,3,5,7,10-13,15H2,(H,24,27)/t19-/m0/s1. The second-order valence-corrected chi connectivity index (χ2v) is 11.0. The number of benzene rings is 2. The van der Waals surface area contributed by atoms with Crippen molar-refractivity contribution in [2.75, 3.05) is 32.1 Å². The van der Waals surface area contributed by atoms with E-state index >= 15 is 0 Å². The molecule has 1 fully saturated rings. The van der Waals surface area contributed by atoms with E-state index in [1.165, 1.54) is 39.3 Å². The van der Waals surface area contributed by atoms with Gasteiger partial charge in [0.05, 0.1) is 29.9 Å². The summed E-state index contributed by atoms with van der Waals surface area (Å²) in [5, 5.41) is 3.46. The van der Waals surface area contributed by atoms with E-state index in [0.29, 0.717) is 42.6 Å². The van der Waals surface area contributed by atoms with Crippen LogP contribution in [0.5, 0.6) is 0 Å². The maximum Gasteiger partial charge on any atom is 0.257 e. The zero-order valence-corrected chi connectivity index (χ0v) is 19.7. The van der Waals surface area contributed by atoms with Gasteiger partial charge in [0, 0.05) is 13.1 Å². The third kappa shape index (κ3) is 4.79. The fraction of sp³-hybridized carbons (Fsp3) is 0.391. The summed E-state index contributed by atoms with van der Waals surface area (Å²) in [5.41, 5.74) is 3.43. The topological polar surface area (TPSA) is 102 Å². The summed E-state index contributed by atoms with van der Waals surface area (Å²) < 4.78 is 38.2. The molecular weight excluding hydrogens is 462 g/mol. The van der Waals surface area contributed by atoms with Gasteiger partial charge in [-0.15, -0.1) is 0 Å². The molecule has 1 aromatic heterocycles. The average Bonchev–Trinajstić information content (AvgIpc) is 3.26. The quantitative estimate of drug-likeness (QED) is 0.533. The van der Waals surface area contributed by atoms with E-state index in [0.717, 1.165) is 19.3 Å². The number of carbonyl (C=O) groups is 1. The van der Waals surface area contributed by atoms with Gasteiger partial charge in [-0.1, -0.05) is 36.0 Å². The number of thioether (sulfide) groups is 1. The van der Waals surface area contributed by atoms with Gasteiger partial charge >= 0.3 is 0 Å². The molecule has 33 heavy (non-hydrogen) atoms. The van der Waals surface area contributed by atoms with E-state index in [4.69, 9.17) is 9.15 Å². The second-order valence-electron chi connectivity index (χ2n) is 8.13. The Labute approximate surface area is 196 Å². The minimum absolute atomic E-state index is 0.0274. The number of amides is 1. The zero-order valence-electron chi connectivity index (χ0n) is 18.0. The molecule has 174 valence electrons. The number of aromatic nitrogens is 1. The molecular formula is C23H25N3O5S2. The molecule has 1 aliphatic carbocycles. The van der Waals surface area contributed by atoms with Crippen LogP contribution in [-0.4, -0.2) is 55.7 Å². The molecule has 10 heteroatoms. The number of aryl methyl sites for hydroxylation is 1. The zero-order chi connectivity index (χ0) is 22.8. The number of fused-ring (bicyclic) bond motifs is 2. The summed E-state index contributed by atoms with van der Waals surface area (Å²) in [6.45, 7) is 1.45. The molecule has 2 aliphatic rings. The molecule has 0 unspecified atom stereocenters. The largest absolute Gasteiger partial charge is 0.431 e. The van der Waals surface area contributed by atoms with E-state index in [1.54, 1.807) is 6.07 Å². The molecule has 5 rings (SSSR count). The first-order chi connectivity index (χ1) is 16.0. The lowest BCUT2D eigenvalue weighted by atomic mass is 9.88. The number of morpholine rings is 1. The lowest BCUT2D eigenvalue weighted by Crippen LogP contribution is -2.40. The summed E-state index contributed by atoms with van der Waals surface area (Å²) in [6.07, 6.45) is 3.02. The van der Waals surface area contributed by atoms with Gasteiger partial charge in [0.25, 0.3) is 5.22 Å². The molecule has 3 aromatic rings. The minimum atomic E-state index is -3.61. The Hall–Kier alpha value is -2.40. The molecule has 2 heterocycles. The van der Waals surface area contributed by atoms with Gasteiger partial charge < -0.3 is 14.5 Å². The Morgan fingerprint density at radius 1 is 1.18 bits per heavy atom. The van der Waals surface area contributed by atoms with Crippen molar-refractivity contribution in [3.63, 3.8) is 0 Å². The molecule has 1 N–H and O–H groups in total. The monoisotopic (exact) mass is 487 g/mol. The van der Waals surface area contributed by atoms with Crippen LogP contribution in [0, 0.1) is 0 Å². The summed E-state index contributed by atoms with van der Waals surface area (Å²) in [5.74, 6) is 0.0873. The number of oxazole rings is 1. The fourth-order valence-electron chi connectivity index (χ4n) is 4.31. The third-order valence-electron chi connectivity index (χ3n) is 5.98. The first kappa shape index (κ1) is 22.4. The highest BCUT2D eigenvalue weighted by Crippen LogP contribution is 2.30. The Bertz CT molecular complexity index is 1270. The van der Waals surface area contributed by atoms with Gasteiger partial charge in [-0.3, -0.25) is 4.79 Å². The summed E-state index contributed by atoms with van der Waals surface area (Å²) in [4.78, 5) is 17.1. The van der Waals surface area contributed by atoms with E-state index < -0.39 is 10.0 Å². The predicted octanol–water partition coefficient (Wildman–Crippen LogP) is 3.13. The molecule has 1 saturated heterocycles. The van der Waals surface area contributed by atoms with Gasteiger partial charge in [-0.25, -0.2) is 13.4 Å². The normalized spacial score (nSPS) is 19.3. The smallest absolute Gasteiger partial charge is 0.257 e. The van der Waals surface area contributed by atoms with Crippen LogP contribution in [-0.2, 0) is 26.0 Å². The lowest BCUT2D eigenvalue weighted by molar-refractivity contribution is -0.119. The molecule has 2 aromatic carbocycles. The maximum absolute atomic E-state index is 12.9. The van der Waals surface area contributed by atoms with Crippen molar-refractivity contribution >= 4 is 38.8 Å². The van der Waals surface area contributed by atoms with Crippen LogP contribution in [0.2, 0.25) is 0 Å². The number of hydrogen-bond donors (Lipinski definition) is 1. The van der Waals surface area contributed by atoms with Crippen LogP contribution < -0.4 is 5.32 Å². The van der Waals surface area contributed by atoms with Crippen molar-refractivity contribution in [2.24, 2.45) is 0 Å². The third-order valence-corrected chi connectivity index (χ3v) is 8.70. The number of ether oxygens (including phenoxy) is 1. The molecule has 0 bridgehead atoms. The molecule has 8 nitrogen and oxygen atoms in total. The Morgan fingerprint density at radius 3 is 2.85 bits per heavy atom. The number of carbonyl (C=O) groups excluding carboxylic acids is 1. The van der Waals surface area contributed by atoms with Crippen LogP contribution in [0.25, 0.3) is 11.1 Å². The minimum Gasteiger partial charge on any atom is -0.431 e. The number of hydrogen-bond acceptors (Lipinski definition) is 7. The molecule has 1 aliphatic heterocycles. The number of rotatable bonds is 6. The first-order valence-electron chi connectivity index (χ1n) is 11.0. The van der Waals surface area contributed by atoms with Crippen LogP contribution in [0.1, 0.15) is 30.0 Å². The molecule has 0 spiro atoms. The Balaban J connectivity index is 1.24. The van der Waals surface area contributed by atoms with Gasteiger partial charge in [-0.2, -0.15) is 4.31 Å². The van der Waals surface area contributed by atoms with E-state index in [1.807, 2.05) is 12.1 Å². The molecule has 1 atom stereocenters. The van der Waals surface area contributed by atoms with E-state index in [-0.39, 0.29) is 22.6 Å². The van der Waals surface area contributed by atoms with E-state index in [2.05, 4.69) is 22.4 Å². The van der Waals surface area contributed by atoms with Crippen LogP contribution in [0.15, 0.2) is 57.0 Å². The highest BCUT2D eigenvalue weighted by molar-refractivity contribution is 7.99. The summed E-state index contributed by atoms with van der Waals surface area (Å²) in [7, 11) is -3.61. The molecule has 0 radical (unpaired) electrons. The summed E-state index contributed by atoms with van der Waals surface area (Å²) >= 11 is 1.20. The van der Waals surface area contributed by atoms with Crippen molar-refractivity contribution < 1.29 is 22.4 Å². The van der Waals surface area contributed by atoms with Crippen molar-refractivity contribution in [3.8, 4) is 0 Å². The van der Waals surface area contributed by atoms with Crippen LogP contribution in [0.4, 0.5) is 0 Å². The molecule has 0 saturated carbocycles. The average molecular weight is 488 g/mol. The molecule has 1 amide bonds. The Kier molecular flexibility index (Phi) is 6.42. The highest BCUT2D eigenvalue weighted by Gasteiger charge is 2.27. The summed E-state index contributed by atoms with van der Waals surface area (Å²) in [6, 6.07) is 12.9. The number of nitrogens with zero attached hydrogens (tertiary/aromatic N) is 2. The van der Waals surface area contributed by atoms with Crippen molar-refractivity contribution in [2.45, 2.75) is 35.4 Å². The van der Waals surface area contributed by atoms with Crippen LogP contribution >= 0.6 is 11.8 Å². The maximum atomic E-state index is 12.9. The first-order valence-corrected chi connectivity index (χ1v) is 13.4. The van der Waals surface area contributed by atoms with E-state index in [9.17, 15) is 13.2 Å². The number of sulfonamides is 1. The van der Waals surface area contributed by atoms with Crippen LogP contribution in [0.3, 0.4) is 0 Å². The predicted molar refractivity (Wildman–Crippen MR) is 125 cm³/mol. The second kappa shape index (κ2) is 9.46. The van der Waals surface area contributed by atoms with Gasteiger partial charge in [0.2, 0.25) is 15.9 Å². The number of nitrogens with one attached hydrogen (secondary N) is 1. The SMILES string of the molecule is O=C(CSc1nc2cc(S(=O)(=O)N3CCOCC3)ccc2o1)N[C@H]1CCCc2ccccc21. The fourth-order valence-corrected chi connectivity index (χ4v) is 6.39.